The molecule has 7 nitrogen and oxygen atoms in total. The molecule has 0 bridgehead atoms. The van der Waals surface area contributed by atoms with E-state index in [4.69, 9.17) is 0 Å². The highest BCUT2D eigenvalue weighted by atomic mass is 19.4. The molecule has 1 aromatic rings. The Balaban J connectivity index is 2.24. The van der Waals surface area contributed by atoms with Crippen molar-refractivity contribution in [3.05, 3.63) is 45.5 Å². The van der Waals surface area contributed by atoms with E-state index in [1.165, 1.54) is 6.07 Å². The van der Waals surface area contributed by atoms with Crippen molar-refractivity contribution in [1.82, 2.24) is 15.1 Å². The average Bonchev–Trinajstić information content (AvgIpc) is 2.47. The van der Waals surface area contributed by atoms with Gasteiger partial charge in [-0.15, -0.1) is 0 Å². The molecule has 1 fully saturated rings. The maximum Gasteiger partial charge on any atom is 0.416 e. The quantitative estimate of drug-likeness (QED) is 0.669. The van der Waals surface area contributed by atoms with Gasteiger partial charge in [-0.2, -0.15) is 13.2 Å². The first-order valence-electron chi connectivity index (χ1n) is 7.29. The summed E-state index contributed by atoms with van der Waals surface area (Å²) >= 11 is 0. The third-order valence-corrected chi connectivity index (χ3v) is 3.63. The third kappa shape index (κ3) is 4.57. The van der Waals surface area contributed by atoms with Crippen LogP contribution in [0.3, 0.4) is 0 Å². The van der Waals surface area contributed by atoms with Crippen LogP contribution in [0.2, 0.25) is 0 Å². The minimum Gasteiger partial charge on any atom is -0.338 e. The van der Waals surface area contributed by atoms with Crippen molar-refractivity contribution in [2.45, 2.75) is 32.6 Å². The van der Waals surface area contributed by atoms with Gasteiger partial charge in [-0.05, 0) is 31.5 Å². The molecular weight excluding hydrogens is 327 g/mol. The number of guanidine groups is 1. The molecule has 0 spiro atoms. The maximum atomic E-state index is 12.8. The highest BCUT2D eigenvalue weighted by molar-refractivity contribution is 5.79. The fourth-order valence-corrected chi connectivity index (χ4v) is 2.33. The zero-order chi connectivity index (χ0) is 17.9. The summed E-state index contributed by atoms with van der Waals surface area (Å²) in [6, 6.07) is 5.06. The number of nitrogens with zero attached hydrogens (tertiary/aromatic N) is 4. The smallest absolute Gasteiger partial charge is 0.338 e. The second kappa shape index (κ2) is 7.04. The zero-order valence-electron chi connectivity index (χ0n) is 13.2. The first-order chi connectivity index (χ1) is 11.2. The van der Waals surface area contributed by atoms with Gasteiger partial charge in [0.05, 0.1) is 18.9 Å². The lowest BCUT2D eigenvalue weighted by Gasteiger charge is -2.39. The van der Waals surface area contributed by atoms with Crippen LogP contribution in [0.15, 0.2) is 29.4 Å². The normalized spacial score (nSPS) is 18.1. The molecule has 1 saturated heterocycles. The van der Waals surface area contributed by atoms with Crippen molar-refractivity contribution < 1.29 is 18.2 Å². The molecule has 132 valence electrons. The van der Waals surface area contributed by atoms with E-state index in [2.05, 4.69) is 10.4 Å². The Hall–Kier alpha value is -2.36. The fraction of sp³-hybridized carbons (Fsp3) is 0.500. The lowest BCUT2D eigenvalue weighted by molar-refractivity contribution is -0.486. The predicted molar refractivity (Wildman–Crippen MR) is 81.3 cm³/mol. The summed E-state index contributed by atoms with van der Waals surface area (Å²) in [4.78, 5) is 14.2. The predicted octanol–water partition coefficient (Wildman–Crippen LogP) is 2.28. The number of alkyl halides is 3. The van der Waals surface area contributed by atoms with E-state index in [1.807, 2.05) is 18.7 Å². The Morgan fingerprint density at radius 3 is 2.71 bits per heavy atom. The Bertz CT molecular complexity index is 633. The number of halogens is 3. The standard InChI is InChI=1S/C14H18F3N5O2/c1-10(2)21-8-18-13(19-22(23)24)20(9-21)7-11-4-3-5-12(6-11)14(15,16)17/h3-6,10H,7-9H2,1-2H3,(H,18,19). The molecule has 0 aromatic heterocycles. The van der Waals surface area contributed by atoms with Crippen LogP contribution in [0, 0.1) is 10.1 Å². The van der Waals surface area contributed by atoms with Gasteiger partial charge in [-0.3, -0.25) is 4.90 Å². The highest BCUT2D eigenvalue weighted by Crippen LogP contribution is 2.29. The van der Waals surface area contributed by atoms with Gasteiger partial charge in [0.15, 0.2) is 5.03 Å². The Labute approximate surface area is 136 Å². The van der Waals surface area contributed by atoms with E-state index in [0.717, 1.165) is 12.1 Å². The number of nitrogens with one attached hydrogen (secondary N) is 1. The van der Waals surface area contributed by atoms with Gasteiger partial charge in [0.2, 0.25) is 0 Å². The van der Waals surface area contributed by atoms with Gasteiger partial charge in [0, 0.05) is 12.6 Å². The largest absolute Gasteiger partial charge is 0.416 e. The lowest BCUT2D eigenvalue weighted by Crippen LogP contribution is -2.58. The number of rotatable bonds is 4. The van der Waals surface area contributed by atoms with Gasteiger partial charge < -0.3 is 10.2 Å². The zero-order valence-corrected chi connectivity index (χ0v) is 13.2. The van der Waals surface area contributed by atoms with Crippen LogP contribution in [-0.4, -0.2) is 40.2 Å². The van der Waals surface area contributed by atoms with Crippen molar-refractivity contribution >= 4 is 5.96 Å². The molecule has 24 heavy (non-hydrogen) atoms. The highest BCUT2D eigenvalue weighted by Gasteiger charge is 2.31. The first-order valence-corrected chi connectivity index (χ1v) is 7.29. The average molecular weight is 345 g/mol. The Morgan fingerprint density at radius 2 is 2.12 bits per heavy atom. The topological polar surface area (TPSA) is 74.0 Å². The van der Waals surface area contributed by atoms with Crippen molar-refractivity contribution in [2.75, 3.05) is 13.3 Å². The molecule has 10 heteroatoms. The van der Waals surface area contributed by atoms with Crippen molar-refractivity contribution in [1.29, 1.82) is 0 Å². The summed E-state index contributed by atoms with van der Waals surface area (Å²) in [5.41, 5.74) is -0.355. The van der Waals surface area contributed by atoms with Crippen LogP contribution in [-0.2, 0) is 12.7 Å². The molecule has 1 N–H and O–H groups in total. The summed E-state index contributed by atoms with van der Waals surface area (Å²) in [7, 11) is 0. The van der Waals surface area contributed by atoms with E-state index in [1.54, 1.807) is 11.0 Å². The van der Waals surface area contributed by atoms with Gasteiger partial charge in [-0.25, -0.2) is 10.1 Å². The van der Waals surface area contributed by atoms with Crippen molar-refractivity contribution in [3.8, 4) is 0 Å². The van der Waals surface area contributed by atoms with Crippen molar-refractivity contribution in [2.24, 2.45) is 5.10 Å². The van der Waals surface area contributed by atoms with Crippen molar-refractivity contribution in [3.63, 3.8) is 0 Å². The summed E-state index contributed by atoms with van der Waals surface area (Å²) in [6.45, 7) is 4.70. The second-order valence-corrected chi connectivity index (χ2v) is 5.72. The summed E-state index contributed by atoms with van der Waals surface area (Å²) in [5, 5.41) is 15.9. The van der Waals surface area contributed by atoms with Gasteiger partial charge in [0.25, 0.3) is 5.96 Å². The third-order valence-electron chi connectivity index (χ3n) is 3.63. The number of hydrogen-bond acceptors (Lipinski definition) is 3. The fourth-order valence-electron chi connectivity index (χ4n) is 2.33. The van der Waals surface area contributed by atoms with Crippen LogP contribution in [0.25, 0.3) is 0 Å². The summed E-state index contributed by atoms with van der Waals surface area (Å²) in [5.74, 6) is 0.0364. The molecular formula is C14H18F3N5O2. The number of hydrazone groups is 1. The monoisotopic (exact) mass is 345 g/mol. The molecule has 1 heterocycles. The minimum absolute atomic E-state index is 0.0364. The lowest BCUT2D eigenvalue weighted by atomic mass is 10.1. The van der Waals surface area contributed by atoms with Crippen LogP contribution < -0.4 is 5.32 Å². The molecule has 0 unspecified atom stereocenters. The molecule has 0 aliphatic carbocycles. The molecule has 0 amide bonds. The van der Waals surface area contributed by atoms with Crippen LogP contribution in [0.4, 0.5) is 13.2 Å². The molecule has 0 saturated carbocycles. The van der Waals surface area contributed by atoms with Gasteiger partial charge in [0.1, 0.15) is 5.10 Å². The van der Waals surface area contributed by atoms with Crippen LogP contribution in [0.1, 0.15) is 25.0 Å². The molecule has 1 aliphatic rings. The molecule has 0 radical (unpaired) electrons. The number of benzene rings is 1. The van der Waals surface area contributed by atoms with E-state index in [9.17, 15) is 23.3 Å². The van der Waals surface area contributed by atoms with E-state index in [-0.39, 0.29) is 18.5 Å². The van der Waals surface area contributed by atoms with Gasteiger partial charge >= 0.3 is 6.18 Å². The van der Waals surface area contributed by atoms with E-state index >= 15 is 0 Å². The SMILES string of the molecule is CC(C)N1CNC(=N[N+](=O)[O-])N(Cc2cccc(C(F)(F)F)c2)C1. The van der Waals surface area contributed by atoms with Crippen LogP contribution in [0.5, 0.6) is 0 Å². The Kier molecular flexibility index (Phi) is 5.27. The summed E-state index contributed by atoms with van der Waals surface area (Å²) < 4.78 is 38.4. The first kappa shape index (κ1) is 18.0. The van der Waals surface area contributed by atoms with E-state index in [0.29, 0.717) is 18.9 Å². The van der Waals surface area contributed by atoms with Crippen LogP contribution >= 0.6 is 0 Å². The molecule has 0 atom stereocenters. The minimum atomic E-state index is -4.43. The number of hydrogen-bond donors (Lipinski definition) is 1. The maximum absolute atomic E-state index is 12.8. The van der Waals surface area contributed by atoms with Gasteiger partial charge in [-0.1, -0.05) is 12.1 Å². The molecule has 1 aromatic carbocycles. The number of nitro groups is 1. The molecule has 1 aliphatic heterocycles. The Morgan fingerprint density at radius 1 is 1.42 bits per heavy atom. The van der Waals surface area contributed by atoms with E-state index < -0.39 is 16.8 Å². The second-order valence-electron chi connectivity index (χ2n) is 5.72. The molecule has 2 rings (SSSR count). The summed E-state index contributed by atoms with van der Waals surface area (Å²) in [6.07, 6.45) is -4.43.